The lowest BCUT2D eigenvalue weighted by Crippen LogP contribution is -2.29. The van der Waals surface area contributed by atoms with E-state index in [9.17, 15) is 9.90 Å². The fraction of sp³-hybridized carbons (Fsp3) is 0.316. The van der Waals surface area contributed by atoms with Crippen LogP contribution in [-0.4, -0.2) is 31.3 Å². The lowest BCUT2D eigenvalue weighted by molar-refractivity contribution is 0.0696. The van der Waals surface area contributed by atoms with Gasteiger partial charge in [0.15, 0.2) is 0 Å². The third kappa shape index (κ3) is 4.37. The summed E-state index contributed by atoms with van der Waals surface area (Å²) < 4.78 is 8.69. The lowest BCUT2D eigenvalue weighted by atomic mass is 10.1. The molecule has 138 valence electrons. The van der Waals surface area contributed by atoms with E-state index in [4.69, 9.17) is 16.3 Å². The molecule has 1 fully saturated rings. The highest BCUT2D eigenvalue weighted by Gasteiger charge is 2.16. The first-order chi connectivity index (χ1) is 12.6. The van der Waals surface area contributed by atoms with Gasteiger partial charge in [0.05, 0.1) is 28.9 Å². The van der Waals surface area contributed by atoms with Gasteiger partial charge in [-0.2, -0.15) is 0 Å². The summed E-state index contributed by atoms with van der Waals surface area (Å²) in [7, 11) is 1.57. The van der Waals surface area contributed by atoms with Crippen LogP contribution in [0.1, 0.15) is 29.6 Å². The Labute approximate surface area is 162 Å². The smallest absolute Gasteiger partial charge is 0.335 e. The Balaban J connectivity index is 1.83. The van der Waals surface area contributed by atoms with Gasteiger partial charge in [0, 0.05) is 18.1 Å². The van der Waals surface area contributed by atoms with Crippen LogP contribution in [-0.2, 0) is 0 Å². The zero-order valence-electron chi connectivity index (χ0n) is 14.5. The number of rotatable bonds is 6. The van der Waals surface area contributed by atoms with Crippen molar-refractivity contribution in [2.75, 3.05) is 29.8 Å². The summed E-state index contributed by atoms with van der Waals surface area (Å²) in [5, 5.41) is 9.91. The van der Waals surface area contributed by atoms with Gasteiger partial charge in [0.2, 0.25) is 0 Å². The van der Waals surface area contributed by atoms with E-state index < -0.39 is 5.97 Å². The molecule has 2 aromatic carbocycles. The molecule has 0 amide bonds. The number of aromatic carboxylic acids is 1. The van der Waals surface area contributed by atoms with E-state index in [1.807, 2.05) is 18.2 Å². The summed E-state index contributed by atoms with van der Waals surface area (Å²) >= 11 is 7.54. The van der Waals surface area contributed by atoms with Gasteiger partial charge in [-0.3, -0.25) is 0 Å². The van der Waals surface area contributed by atoms with E-state index in [-0.39, 0.29) is 5.56 Å². The van der Waals surface area contributed by atoms with Crippen molar-refractivity contribution in [2.45, 2.75) is 24.2 Å². The van der Waals surface area contributed by atoms with Crippen molar-refractivity contribution >= 4 is 40.9 Å². The first-order valence-corrected chi connectivity index (χ1v) is 9.66. The Morgan fingerprint density at radius 3 is 2.65 bits per heavy atom. The number of hydrogen-bond donors (Lipinski definition) is 2. The fourth-order valence-corrected chi connectivity index (χ4v) is 3.98. The number of methoxy groups -OCH3 is 1. The maximum absolute atomic E-state index is 11.2. The molecule has 26 heavy (non-hydrogen) atoms. The molecule has 5 nitrogen and oxygen atoms in total. The first kappa shape index (κ1) is 18.7. The van der Waals surface area contributed by atoms with Crippen molar-refractivity contribution in [1.82, 2.24) is 0 Å². The number of benzene rings is 2. The molecular formula is C19H21ClN2O3S. The minimum absolute atomic E-state index is 0.225. The molecule has 0 atom stereocenters. The van der Waals surface area contributed by atoms with Crippen LogP contribution in [0.2, 0.25) is 5.02 Å². The van der Waals surface area contributed by atoms with Crippen molar-refractivity contribution in [2.24, 2.45) is 0 Å². The van der Waals surface area contributed by atoms with Gasteiger partial charge in [-0.05, 0) is 67.6 Å². The molecule has 0 bridgehead atoms. The Bertz CT molecular complexity index is 794. The fourth-order valence-electron chi connectivity index (χ4n) is 2.99. The van der Waals surface area contributed by atoms with Crippen molar-refractivity contribution in [1.29, 1.82) is 0 Å². The predicted molar refractivity (Wildman–Crippen MR) is 107 cm³/mol. The van der Waals surface area contributed by atoms with Crippen molar-refractivity contribution < 1.29 is 14.6 Å². The summed E-state index contributed by atoms with van der Waals surface area (Å²) in [4.78, 5) is 14.3. The van der Waals surface area contributed by atoms with E-state index in [0.29, 0.717) is 15.7 Å². The minimum atomic E-state index is -0.963. The first-order valence-electron chi connectivity index (χ1n) is 8.47. The quantitative estimate of drug-likeness (QED) is 0.662. The van der Waals surface area contributed by atoms with Crippen LogP contribution in [0.25, 0.3) is 0 Å². The molecule has 1 saturated heterocycles. The zero-order valence-corrected chi connectivity index (χ0v) is 16.1. The van der Waals surface area contributed by atoms with E-state index >= 15 is 0 Å². The highest BCUT2D eigenvalue weighted by Crippen LogP contribution is 2.36. The zero-order chi connectivity index (χ0) is 18.5. The number of halogens is 1. The third-order valence-electron chi connectivity index (χ3n) is 4.34. The summed E-state index contributed by atoms with van der Waals surface area (Å²) in [5.74, 6) is -0.337. The number of hydrogen-bond acceptors (Lipinski definition) is 5. The average molecular weight is 393 g/mol. The van der Waals surface area contributed by atoms with Crippen LogP contribution in [0.3, 0.4) is 0 Å². The molecule has 0 aliphatic carbocycles. The molecule has 0 unspecified atom stereocenters. The molecule has 3 rings (SSSR count). The maximum atomic E-state index is 11.2. The Morgan fingerprint density at radius 2 is 1.96 bits per heavy atom. The van der Waals surface area contributed by atoms with Crippen LogP contribution in [0.4, 0.5) is 11.4 Å². The van der Waals surface area contributed by atoms with E-state index in [0.717, 1.165) is 24.5 Å². The topological polar surface area (TPSA) is 61.8 Å². The second-order valence-electron chi connectivity index (χ2n) is 6.08. The highest BCUT2D eigenvalue weighted by atomic mass is 35.5. The average Bonchev–Trinajstić information content (AvgIpc) is 2.67. The summed E-state index contributed by atoms with van der Waals surface area (Å²) in [6.45, 7) is 2.02. The number of carboxylic acid groups (broad SMARTS) is 1. The molecule has 1 heterocycles. The second kappa shape index (κ2) is 8.56. The second-order valence-corrected chi connectivity index (χ2v) is 7.37. The standard InChI is InChI=1S/C19H21ClN2O3S/c1-25-17-8-5-13(19(23)24)11-18(17)26-21-15-7-6-14(20)12-16(15)22-9-3-2-4-10-22/h5-8,11-12,21H,2-4,9-10H2,1H3,(H,23,24). The number of carboxylic acids is 1. The van der Waals surface area contributed by atoms with Gasteiger partial charge >= 0.3 is 5.97 Å². The molecule has 1 aliphatic rings. The summed E-state index contributed by atoms with van der Waals surface area (Å²) in [6, 6.07) is 10.6. The summed E-state index contributed by atoms with van der Waals surface area (Å²) in [5.41, 5.74) is 2.24. The molecule has 2 aromatic rings. The SMILES string of the molecule is COc1ccc(C(=O)O)cc1SNc1ccc(Cl)cc1N1CCCCC1. The predicted octanol–water partition coefficient (Wildman–Crippen LogP) is 5.16. The number of ether oxygens (including phenoxy) is 1. The molecule has 0 radical (unpaired) electrons. The molecule has 2 N–H and O–H groups in total. The number of piperidine rings is 1. The van der Waals surface area contributed by atoms with Crippen LogP contribution in [0, 0.1) is 0 Å². The van der Waals surface area contributed by atoms with Crippen LogP contribution < -0.4 is 14.4 Å². The van der Waals surface area contributed by atoms with E-state index in [1.54, 1.807) is 19.2 Å². The van der Waals surface area contributed by atoms with E-state index in [2.05, 4.69) is 9.62 Å². The molecule has 0 saturated carbocycles. The van der Waals surface area contributed by atoms with Gasteiger partial charge < -0.3 is 19.5 Å². The Hall–Kier alpha value is -2.05. The highest BCUT2D eigenvalue weighted by molar-refractivity contribution is 8.00. The van der Waals surface area contributed by atoms with Crippen molar-refractivity contribution in [3.63, 3.8) is 0 Å². The van der Waals surface area contributed by atoms with Crippen molar-refractivity contribution in [3.8, 4) is 5.75 Å². The maximum Gasteiger partial charge on any atom is 0.335 e. The molecule has 7 heteroatoms. The monoisotopic (exact) mass is 392 g/mol. The largest absolute Gasteiger partial charge is 0.496 e. The number of carbonyl (C=O) groups is 1. The van der Waals surface area contributed by atoms with Gasteiger partial charge in [-0.25, -0.2) is 4.79 Å². The summed E-state index contributed by atoms with van der Waals surface area (Å²) in [6.07, 6.45) is 3.61. The van der Waals surface area contributed by atoms with E-state index in [1.165, 1.54) is 37.3 Å². The van der Waals surface area contributed by atoms with Gasteiger partial charge in [0.25, 0.3) is 0 Å². The van der Waals surface area contributed by atoms with Crippen LogP contribution in [0.5, 0.6) is 5.75 Å². The molecule has 0 aromatic heterocycles. The normalized spacial score (nSPS) is 14.2. The van der Waals surface area contributed by atoms with Gasteiger partial charge in [-0.1, -0.05) is 11.6 Å². The van der Waals surface area contributed by atoms with Crippen LogP contribution >= 0.6 is 23.5 Å². The van der Waals surface area contributed by atoms with Gasteiger partial charge in [0.1, 0.15) is 5.75 Å². The number of nitrogens with one attached hydrogen (secondary N) is 1. The lowest BCUT2D eigenvalue weighted by Gasteiger charge is -2.30. The van der Waals surface area contributed by atoms with Crippen LogP contribution in [0.15, 0.2) is 41.3 Å². The molecular weight excluding hydrogens is 372 g/mol. The molecule has 1 aliphatic heterocycles. The molecule has 0 spiro atoms. The van der Waals surface area contributed by atoms with Crippen molar-refractivity contribution in [3.05, 3.63) is 47.0 Å². The number of anilines is 2. The Morgan fingerprint density at radius 1 is 1.19 bits per heavy atom. The number of nitrogens with zero attached hydrogens (tertiary/aromatic N) is 1. The minimum Gasteiger partial charge on any atom is -0.496 e. The van der Waals surface area contributed by atoms with Gasteiger partial charge in [-0.15, -0.1) is 0 Å². The Kier molecular flexibility index (Phi) is 6.16. The third-order valence-corrected chi connectivity index (χ3v) is 5.43.